The second-order valence-electron chi connectivity index (χ2n) is 11.9. The van der Waals surface area contributed by atoms with Crippen molar-refractivity contribution in [2.24, 2.45) is 16.8 Å². The van der Waals surface area contributed by atoms with Crippen LogP contribution in [0.1, 0.15) is 82.4 Å². The summed E-state index contributed by atoms with van der Waals surface area (Å²) in [5.74, 6) is 1.90. The molecule has 0 spiro atoms. The van der Waals surface area contributed by atoms with Gasteiger partial charge in [-0.15, -0.1) is 0 Å². The van der Waals surface area contributed by atoms with E-state index in [4.69, 9.17) is 4.98 Å². The Labute approximate surface area is 213 Å². The van der Waals surface area contributed by atoms with Gasteiger partial charge < -0.3 is 9.88 Å². The summed E-state index contributed by atoms with van der Waals surface area (Å²) >= 11 is 0. The van der Waals surface area contributed by atoms with Gasteiger partial charge >= 0.3 is 0 Å². The molecule has 0 amide bonds. The summed E-state index contributed by atoms with van der Waals surface area (Å²) in [6.07, 6.45) is 18.0. The number of hydrogen-bond donors (Lipinski definition) is 1. The van der Waals surface area contributed by atoms with Crippen LogP contribution in [0.4, 0.5) is 0 Å². The van der Waals surface area contributed by atoms with E-state index in [9.17, 15) is 4.79 Å². The molecule has 2 aliphatic carbocycles. The second kappa shape index (κ2) is 8.98. The maximum atomic E-state index is 14.0. The molecule has 1 aromatic carbocycles. The molecule has 2 saturated carbocycles. The van der Waals surface area contributed by atoms with Crippen molar-refractivity contribution in [2.45, 2.75) is 94.8 Å². The first-order valence-corrected chi connectivity index (χ1v) is 14.1. The number of nitrogens with one attached hydrogen (secondary N) is 1. The number of hydrogen-bond acceptors (Lipinski definition) is 5. The largest absolute Gasteiger partial charge is 0.352 e. The Morgan fingerprint density at radius 3 is 2.33 bits per heavy atom. The molecule has 4 fully saturated rings. The second-order valence-corrected chi connectivity index (χ2v) is 11.9. The first-order valence-electron chi connectivity index (χ1n) is 14.1. The van der Waals surface area contributed by atoms with Crippen molar-refractivity contribution in [3.05, 3.63) is 58.8 Å². The molecule has 2 aromatic rings. The minimum absolute atomic E-state index is 0.0129. The van der Waals surface area contributed by atoms with E-state index in [2.05, 4.69) is 32.4 Å². The Morgan fingerprint density at radius 2 is 1.58 bits per heavy atom. The van der Waals surface area contributed by atoms with Gasteiger partial charge in [-0.05, 0) is 68.9 Å². The average Bonchev–Trinajstić information content (AvgIpc) is 2.87. The van der Waals surface area contributed by atoms with E-state index in [1.807, 2.05) is 18.2 Å². The quantitative estimate of drug-likeness (QED) is 0.634. The summed E-state index contributed by atoms with van der Waals surface area (Å²) in [5, 5.41) is 3.21. The summed E-state index contributed by atoms with van der Waals surface area (Å²) in [7, 11) is 0. The van der Waals surface area contributed by atoms with Crippen molar-refractivity contribution in [1.82, 2.24) is 19.8 Å². The number of aliphatic imine (C=N–C) groups is 1. The number of allylic oxidation sites excluding steroid dienone is 1. The number of nitrogens with zero attached hydrogens (tertiary/aromatic N) is 4. The fourth-order valence-corrected chi connectivity index (χ4v) is 8.39. The molecule has 6 atom stereocenters. The molecule has 3 aliphatic heterocycles. The van der Waals surface area contributed by atoms with E-state index in [1.54, 1.807) is 12.4 Å². The zero-order valence-electron chi connectivity index (χ0n) is 21.1. The summed E-state index contributed by atoms with van der Waals surface area (Å²) in [4.78, 5) is 26.1. The highest BCUT2D eigenvalue weighted by Gasteiger charge is 2.45. The van der Waals surface area contributed by atoms with Gasteiger partial charge in [0.1, 0.15) is 0 Å². The van der Waals surface area contributed by atoms with Gasteiger partial charge in [-0.1, -0.05) is 44.4 Å². The predicted molar refractivity (Wildman–Crippen MR) is 145 cm³/mol. The number of piperidine rings is 2. The normalized spacial score (nSPS) is 34.3. The van der Waals surface area contributed by atoms with E-state index in [0.717, 1.165) is 41.8 Å². The molecule has 5 aliphatic rings. The van der Waals surface area contributed by atoms with Gasteiger partial charge in [0.15, 0.2) is 5.69 Å². The Bertz CT molecular complexity index is 1280. The van der Waals surface area contributed by atoms with E-state index >= 15 is 0 Å². The van der Waals surface area contributed by atoms with E-state index in [1.165, 1.54) is 57.8 Å². The first kappa shape index (κ1) is 22.5. The van der Waals surface area contributed by atoms with Gasteiger partial charge in [-0.3, -0.25) is 14.7 Å². The minimum atomic E-state index is -0.0129. The summed E-state index contributed by atoms with van der Waals surface area (Å²) in [5.41, 5.74) is 3.56. The lowest BCUT2D eigenvalue weighted by Gasteiger charge is -2.55. The molecule has 1 aromatic heterocycles. The van der Waals surface area contributed by atoms with E-state index in [-0.39, 0.29) is 11.6 Å². The van der Waals surface area contributed by atoms with Crippen molar-refractivity contribution in [1.29, 1.82) is 0 Å². The standard InChI is InChI=1S/C30H37N5O/c1-19-17-31-18-27(32-19)29-30(36)35(28-11-3-2-10-26(28)33-29)25-15-22-8-5-9-23(16-25)34(22)24-13-20-6-4-7-21(12-20)14-24/h2-3,10-11,17-18,20-25,32H,1,4-9,12-16H2/t20-,21+,22-,23+,24+,25+. The van der Waals surface area contributed by atoms with Crippen LogP contribution < -0.4 is 10.9 Å². The smallest absolute Gasteiger partial charge is 0.279 e. The number of benzene rings is 1. The third kappa shape index (κ3) is 3.85. The number of aromatic nitrogens is 2. The highest BCUT2D eigenvalue weighted by Crippen LogP contribution is 2.47. The van der Waals surface area contributed by atoms with Crippen LogP contribution in [0.5, 0.6) is 0 Å². The molecule has 7 rings (SSSR count). The molecule has 2 saturated heterocycles. The van der Waals surface area contributed by atoms with Gasteiger partial charge in [0.05, 0.1) is 22.9 Å². The molecule has 0 radical (unpaired) electrons. The third-order valence-corrected chi connectivity index (χ3v) is 9.67. The van der Waals surface area contributed by atoms with Crippen molar-refractivity contribution >= 4 is 22.9 Å². The third-order valence-electron chi connectivity index (χ3n) is 9.67. The predicted octanol–water partition coefficient (Wildman–Crippen LogP) is 5.41. The Hall–Kier alpha value is -2.73. The fourth-order valence-electron chi connectivity index (χ4n) is 8.39. The van der Waals surface area contributed by atoms with Gasteiger partial charge in [0, 0.05) is 36.1 Å². The fraction of sp³-hybridized carbons (Fsp3) is 0.567. The lowest BCUT2D eigenvalue weighted by atomic mass is 9.68. The summed E-state index contributed by atoms with van der Waals surface area (Å²) in [6.45, 7) is 3.96. The number of rotatable bonds is 3. The molecule has 6 heteroatoms. The van der Waals surface area contributed by atoms with Gasteiger partial charge in [0.2, 0.25) is 0 Å². The highest BCUT2D eigenvalue weighted by atomic mass is 16.1. The molecule has 6 nitrogen and oxygen atoms in total. The van der Waals surface area contributed by atoms with Crippen LogP contribution in [-0.2, 0) is 0 Å². The van der Waals surface area contributed by atoms with Crippen LogP contribution >= 0.6 is 0 Å². The van der Waals surface area contributed by atoms with Crippen LogP contribution in [-0.4, -0.2) is 38.8 Å². The minimum Gasteiger partial charge on any atom is -0.352 e. The highest BCUT2D eigenvalue weighted by molar-refractivity contribution is 5.85. The molecule has 0 unspecified atom stereocenters. The molecule has 1 N–H and O–H groups in total. The first-order chi connectivity index (χ1) is 17.6. The molecular formula is C30H37N5O. The summed E-state index contributed by atoms with van der Waals surface area (Å²) in [6, 6.07) is 10.3. The van der Waals surface area contributed by atoms with Gasteiger partial charge in [-0.2, -0.15) is 0 Å². The van der Waals surface area contributed by atoms with Crippen molar-refractivity contribution in [3.63, 3.8) is 0 Å². The van der Waals surface area contributed by atoms with Gasteiger partial charge in [-0.25, -0.2) is 4.98 Å². The van der Waals surface area contributed by atoms with Gasteiger partial charge in [0.25, 0.3) is 5.56 Å². The van der Waals surface area contributed by atoms with Crippen LogP contribution in [0.3, 0.4) is 0 Å². The Morgan fingerprint density at radius 1 is 0.861 bits per heavy atom. The van der Waals surface area contributed by atoms with Crippen molar-refractivity contribution in [2.75, 3.05) is 0 Å². The molecular weight excluding hydrogens is 446 g/mol. The number of para-hydroxylation sites is 2. The zero-order chi connectivity index (χ0) is 24.2. The monoisotopic (exact) mass is 483 g/mol. The van der Waals surface area contributed by atoms with Crippen LogP contribution in [0, 0.1) is 11.8 Å². The molecule has 36 heavy (non-hydrogen) atoms. The lowest BCUT2D eigenvalue weighted by molar-refractivity contribution is -0.0486. The van der Waals surface area contributed by atoms with Crippen molar-refractivity contribution < 1.29 is 0 Å². The molecule has 4 heterocycles. The Balaban J connectivity index is 1.25. The number of fused-ring (bicyclic) bond motifs is 5. The van der Waals surface area contributed by atoms with E-state index in [0.29, 0.717) is 29.2 Å². The zero-order valence-corrected chi connectivity index (χ0v) is 21.1. The van der Waals surface area contributed by atoms with Crippen LogP contribution in [0.15, 0.2) is 52.5 Å². The SMILES string of the molecule is C=C1C=NC=C(c2nc3ccccc3n([C@H]3C[C@H]4CCC[C@@H](C3)N4[C@H]3C[C@@H]4CCC[C@@H](C4)C3)c2=O)N1. The maximum absolute atomic E-state index is 14.0. The Kier molecular flexibility index (Phi) is 5.61. The lowest BCUT2D eigenvalue weighted by Crippen LogP contribution is -2.58. The van der Waals surface area contributed by atoms with Crippen LogP contribution in [0.2, 0.25) is 0 Å². The van der Waals surface area contributed by atoms with Crippen molar-refractivity contribution in [3.8, 4) is 0 Å². The topological polar surface area (TPSA) is 62.5 Å². The average molecular weight is 484 g/mol. The summed E-state index contributed by atoms with van der Waals surface area (Å²) < 4.78 is 2.08. The maximum Gasteiger partial charge on any atom is 0.279 e. The van der Waals surface area contributed by atoms with E-state index < -0.39 is 0 Å². The molecule has 4 bridgehead atoms. The van der Waals surface area contributed by atoms with Crippen LogP contribution in [0.25, 0.3) is 16.7 Å². The molecule has 188 valence electrons.